The maximum atomic E-state index is 13.2. The molecule has 1 rings (SSSR count). The van der Waals surface area contributed by atoms with Crippen molar-refractivity contribution in [2.24, 2.45) is 0 Å². The van der Waals surface area contributed by atoms with Gasteiger partial charge in [-0.05, 0) is 20.3 Å². The summed E-state index contributed by atoms with van der Waals surface area (Å²) in [7, 11) is 0. The maximum absolute atomic E-state index is 13.2. The van der Waals surface area contributed by atoms with E-state index in [9.17, 15) is 13.6 Å². The lowest BCUT2D eigenvalue weighted by atomic mass is 10.0. The van der Waals surface area contributed by atoms with Gasteiger partial charge in [-0.25, -0.2) is 13.6 Å². The zero-order valence-corrected chi connectivity index (χ0v) is 13.3. The fraction of sp³-hybridized carbons (Fsp3) is 0.800. The molecule has 5 nitrogen and oxygen atoms in total. The zero-order valence-electron chi connectivity index (χ0n) is 13.3. The van der Waals surface area contributed by atoms with Gasteiger partial charge in [0.15, 0.2) is 5.76 Å². The summed E-state index contributed by atoms with van der Waals surface area (Å²) in [5.74, 6) is -1.53. The van der Waals surface area contributed by atoms with Crippen LogP contribution in [0.15, 0.2) is 11.3 Å². The second-order valence-electron chi connectivity index (χ2n) is 4.75. The lowest BCUT2D eigenvalue weighted by Gasteiger charge is -2.32. The van der Waals surface area contributed by atoms with Crippen molar-refractivity contribution in [3.8, 4) is 0 Å². The predicted molar refractivity (Wildman–Crippen MR) is 75.4 cm³/mol. The Hall–Kier alpha value is -1.21. The van der Waals surface area contributed by atoms with E-state index >= 15 is 0 Å². The van der Waals surface area contributed by atoms with E-state index in [4.69, 9.17) is 18.9 Å². The van der Waals surface area contributed by atoms with E-state index in [1.807, 2.05) is 6.92 Å². The normalized spacial score (nSPS) is 21.9. The second kappa shape index (κ2) is 9.74. The molecule has 0 bridgehead atoms. The summed E-state index contributed by atoms with van der Waals surface area (Å²) in [5, 5.41) is 0. The van der Waals surface area contributed by atoms with Crippen molar-refractivity contribution in [3.63, 3.8) is 0 Å². The number of hydrogen-bond donors (Lipinski definition) is 0. The Balaban J connectivity index is 2.96. The van der Waals surface area contributed by atoms with Gasteiger partial charge in [0.05, 0.1) is 19.3 Å². The van der Waals surface area contributed by atoms with Crippen molar-refractivity contribution in [2.45, 2.75) is 58.9 Å². The van der Waals surface area contributed by atoms with Crippen LogP contribution in [0.4, 0.5) is 8.78 Å². The second-order valence-corrected chi connectivity index (χ2v) is 4.75. The highest BCUT2D eigenvalue weighted by Gasteiger charge is 2.39. The largest absolute Gasteiger partial charge is 0.462 e. The molecule has 1 aliphatic rings. The highest BCUT2D eigenvalue weighted by molar-refractivity contribution is 5.90. The van der Waals surface area contributed by atoms with E-state index in [1.54, 1.807) is 13.8 Å². The van der Waals surface area contributed by atoms with Gasteiger partial charge in [0.2, 0.25) is 6.29 Å². The molecule has 0 saturated carbocycles. The third-order valence-electron chi connectivity index (χ3n) is 3.12. The maximum Gasteiger partial charge on any atom is 0.340 e. The molecule has 0 N–H and O–H groups in total. The van der Waals surface area contributed by atoms with E-state index < -0.39 is 30.5 Å². The number of carbonyl (C=O) groups excluding carboxylic acids is 1. The van der Waals surface area contributed by atoms with Gasteiger partial charge in [-0.3, -0.25) is 0 Å². The molecule has 0 fully saturated rings. The molecule has 0 aromatic heterocycles. The van der Waals surface area contributed by atoms with Crippen LogP contribution in [0.5, 0.6) is 0 Å². The average molecular weight is 322 g/mol. The lowest BCUT2D eigenvalue weighted by molar-refractivity contribution is -0.169. The van der Waals surface area contributed by atoms with Gasteiger partial charge >= 0.3 is 5.97 Å². The summed E-state index contributed by atoms with van der Waals surface area (Å²) in [5.41, 5.74) is -0.242. The summed E-state index contributed by atoms with van der Waals surface area (Å²) in [6, 6.07) is 0. The standard InChI is InChI=1S/C15H24F2O5/c1-4-7-8-21-11-9-10(19-5-2)12(15(18)20-6-3)13(22-11)14(16)17/h10-11,14H,4-9H2,1-3H3. The first kappa shape index (κ1) is 18.8. The Bertz CT molecular complexity index is 384. The van der Waals surface area contributed by atoms with Gasteiger partial charge in [-0.15, -0.1) is 0 Å². The third kappa shape index (κ3) is 5.21. The molecule has 1 heterocycles. The topological polar surface area (TPSA) is 54.0 Å². The van der Waals surface area contributed by atoms with Gasteiger partial charge in [0, 0.05) is 13.0 Å². The first-order valence-electron chi connectivity index (χ1n) is 7.64. The van der Waals surface area contributed by atoms with Crippen LogP contribution in [-0.2, 0) is 23.7 Å². The Morgan fingerprint density at radius 2 is 2.00 bits per heavy atom. The average Bonchev–Trinajstić information content (AvgIpc) is 2.47. The Morgan fingerprint density at radius 1 is 1.27 bits per heavy atom. The minimum atomic E-state index is -2.93. The minimum absolute atomic E-state index is 0.0914. The van der Waals surface area contributed by atoms with Crippen LogP contribution < -0.4 is 0 Å². The number of halogens is 2. The van der Waals surface area contributed by atoms with E-state index in [1.165, 1.54) is 0 Å². The highest BCUT2D eigenvalue weighted by Crippen LogP contribution is 2.31. The molecule has 2 atom stereocenters. The number of hydrogen-bond acceptors (Lipinski definition) is 5. The number of allylic oxidation sites excluding steroid dienone is 1. The van der Waals surface area contributed by atoms with E-state index in [0.717, 1.165) is 12.8 Å². The summed E-state index contributed by atoms with van der Waals surface area (Å²) in [4.78, 5) is 12.0. The van der Waals surface area contributed by atoms with Crippen molar-refractivity contribution < 1.29 is 32.5 Å². The molecule has 2 unspecified atom stereocenters. The number of esters is 1. The molecular weight excluding hydrogens is 298 g/mol. The fourth-order valence-electron chi connectivity index (χ4n) is 2.13. The first-order chi connectivity index (χ1) is 10.5. The number of unbranched alkanes of at least 4 members (excludes halogenated alkanes) is 1. The van der Waals surface area contributed by atoms with Crippen LogP contribution in [0.3, 0.4) is 0 Å². The van der Waals surface area contributed by atoms with E-state index in [0.29, 0.717) is 6.61 Å². The summed E-state index contributed by atoms with van der Waals surface area (Å²) >= 11 is 0. The quantitative estimate of drug-likeness (QED) is 0.482. The summed E-state index contributed by atoms with van der Waals surface area (Å²) in [6.45, 7) is 6.12. The molecule has 22 heavy (non-hydrogen) atoms. The zero-order chi connectivity index (χ0) is 16.5. The van der Waals surface area contributed by atoms with Crippen LogP contribution in [-0.4, -0.2) is 44.6 Å². The van der Waals surface area contributed by atoms with Gasteiger partial charge in [-0.2, -0.15) is 0 Å². The van der Waals surface area contributed by atoms with E-state index in [2.05, 4.69) is 0 Å². The molecule has 0 aromatic carbocycles. The number of alkyl halides is 2. The number of carbonyl (C=O) groups is 1. The smallest absolute Gasteiger partial charge is 0.340 e. The fourth-order valence-corrected chi connectivity index (χ4v) is 2.13. The molecular formula is C15H24F2O5. The monoisotopic (exact) mass is 322 g/mol. The highest BCUT2D eigenvalue weighted by atomic mass is 19.3. The number of ether oxygens (including phenoxy) is 4. The minimum Gasteiger partial charge on any atom is -0.462 e. The van der Waals surface area contributed by atoms with Crippen molar-refractivity contribution in [3.05, 3.63) is 11.3 Å². The SMILES string of the molecule is CCCCOC1CC(OCC)C(C(=O)OCC)=C(C(F)F)O1. The lowest BCUT2D eigenvalue weighted by Crippen LogP contribution is -2.38. The van der Waals surface area contributed by atoms with Crippen molar-refractivity contribution in [1.82, 2.24) is 0 Å². The van der Waals surface area contributed by atoms with Crippen molar-refractivity contribution >= 4 is 5.97 Å². The van der Waals surface area contributed by atoms with Crippen LogP contribution in [0.1, 0.15) is 40.0 Å². The Kier molecular flexibility index (Phi) is 8.34. The first-order valence-corrected chi connectivity index (χ1v) is 7.64. The van der Waals surface area contributed by atoms with Crippen molar-refractivity contribution in [2.75, 3.05) is 19.8 Å². The van der Waals surface area contributed by atoms with Gasteiger partial charge in [0.1, 0.15) is 5.57 Å². The summed E-state index contributed by atoms with van der Waals surface area (Å²) < 4.78 is 47.4. The molecule has 1 aliphatic heterocycles. The van der Waals surface area contributed by atoms with Gasteiger partial charge in [-0.1, -0.05) is 13.3 Å². The van der Waals surface area contributed by atoms with Crippen molar-refractivity contribution in [1.29, 1.82) is 0 Å². The van der Waals surface area contributed by atoms with E-state index in [-0.39, 0.29) is 25.2 Å². The molecule has 0 aromatic rings. The van der Waals surface area contributed by atoms with Crippen LogP contribution in [0, 0.1) is 0 Å². The molecule has 0 saturated heterocycles. The summed E-state index contributed by atoms with van der Waals surface area (Å²) in [6.07, 6.45) is -2.68. The molecule has 0 amide bonds. The van der Waals surface area contributed by atoms with Crippen LogP contribution in [0.25, 0.3) is 0 Å². The molecule has 0 aliphatic carbocycles. The Labute approximate surface area is 129 Å². The molecule has 0 spiro atoms. The predicted octanol–water partition coefficient (Wildman–Crippen LogP) is 3.04. The van der Waals surface area contributed by atoms with Gasteiger partial charge < -0.3 is 18.9 Å². The Morgan fingerprint density at radius 3 is 2.55 bits per heavy atom. The molecule has 128 valence electrons. The van der Waals surface area contributed by atoms with Crippen LogP contribution >= 0.6 is 0 Å². The molecule has 0 radical (unpaired) electrons. The third-order valence-corrected chi connectivity index (χ3v) is 3.12. The van der Waals surface area contributed by atoms with Gasteiger partial charge in [0.25, 0.3) is 6.43 Å². The number of rotatable bonds is 9. The molecule has 7 heteroatoms. The van der Waals surface area contributed by atoms with Crippen LogP contribution in [0.2, 0.25) is 0 Å².